The quantitative estimate of drug-likeness (QED) is 0.370. The lowest BCUT2D eigenvalue weighted by Crippen LogP contribution is -2.59. The van der Waals surface area contributed by atoms with Gasteiger partial charge in [-0.2, -0.15) is 0 Å². The number of hydrogen-bond donors (Lipinski definition) is 1. The van der Waals surface area contributed by atoms with Crippen molar-refractivity contribution < 1.29 is 19.5 Å². The first kappa shape index (κ1) is 28.8. The molecule has 3 heterocycles. The van der Waals surface area contributed by atoms with Crippen LogP contribution < -0.4 is 0 Å². The number of ketones is 1. The van der Waals surface area contributed by atoms with Gasteiger partial charge in [0.05, 0.1) is 6.10 Å². The summed E-state index contributed by atoms with van der Waals surface area (Å²) >= 11 is 0. The van der Waals surface area contributed by atoms with Crippen LogP contribution in [-0.2, 0) is 14.4 Å². The number of carbonyl (C=O) groups is 3. The minimum Gasteiger partial charge on any atom is -0.389 e. The second-order valence-electron chi connectivity index (χ2n) is 12.0. The van der Waals surface area contributed by atoms with Gasteiger partial charge < -0.3 is 14.9 Å². The van der Waals surface area contributed by atoms with E-state index >= 15 is 0 Å². The lowest BCUT2D eigenvalue weighted by Gasteiger charge is -2.53. The fourth-order valence-electron chi connectivity index (χ4n) is 7.15. The maximum Gasteiger partial charge on any atom is 0.226 e. The molecule has 0 radical (unpaired) electrons. The summed E-state index contributed by atoms with van der Waals surface area (Å²) in [6.45, 7) is 2.49. The topological polar surface area (TPSA) is 77.9 Å². The van der Waals surface area contributed by atoms with Gasteiger partial charge >= 0.3 is 0 Å². The average Bonchev–Trinajstić information content (AvgIpc) is 2.91. The smallest absolute Gasteiger partial charge is 0.226 e. The van der Waals surface area contributed by atoms with Crippen molar-refractivity contribution in [2.24, 2.45) is 17.3 Å². The summed E-state index contributed by atoms with van der Waals surface area (Å²) in [6, 6.07) is 0. The van der Waals surface area contributed by atoms with Gasteiger partial charge in [0, 0.05) is 49.0 Å². The molecule has 3 aliphatic heterocycles. The predicted molar refractivity (Wildman–Crippen MR) is 150 cm³/mol. The zero-order valence-electron chi connectivity index (χ0n) is 23.2. The van der Waals surface area contributed by atoms with Gasteiger partial charge in [-0.15, -0.1) is 0 Å². The van der Waals surface area contributed by atoms with Crippen LogP contribution in [0.4, 0.5) is 0 Å². The molecule has 0 aromatic carbocycles. The van der Waals surface area contributed by atoms with E-state index in [0.717, 1.165) is 63.3 Å². The highest BCUT2D eigenvalue weighted by molar-refractivity contribution is 6.03. The van der Waals surface area contributed by atoms with E-state index in [4.69, 9.17) is 0 Å². The van der Waals surface area contributed by atoms with Gasteiger partial charge in [-0.1, -0.05) is 69.2 Å². The van der Waals surface area contributed by atoms with Crippen LogP contribution in [0.1, 0.15) is 96.3 Å². The summed E-state index contributed by atoms with van der Waals surface area (Å²) in [4.78, 5) is 43.7. The lowest BCUT2D eigenvalue weighted by molar-refractivity contribution is -0.153. The van der Waals surface area contributed by atoms with E-state index in [2.05, 4.69) is 18.2 Å². The number of Topliss-reactive ketones (excluding diaryl/α,β-unsaturated/α-hetero) is 1. The third kappa shape index (κ3) is 7.25. The highest BCUT2D eigenvalue weighted by Gasteiger charge is 2.56. The third-order valence-electron chi connectivity index (χ3n) is 9.26. The van der Waals surface area contributed by atoms with Crippen LogP contribution >= 0.6 is 0 Å². The number of aliphatic hydroxyl groups excluding tert-OH is 1. The maximum absolute atomic E-state index is 14.2. The highest BCUT2D eigenvalue weighted by atomic mass is 16.3. The van der Waals surface area contributed by atoms with Crippen molar-refractivity contribution in [3.8, 4) is 0 Å². The molecule has 6 heteroatoms. The number of allylic oxidation sites excluding steroid dienone is 3. The number of rotatable bonds is 1. The van der Waals surface area contributed by atoms with E-state index in [9.17, 15) is 19.5 Å². The molecule has 3 fully saturated rings. The van der Waals surface area contributed by atoms with E-state index in [1.165, 1.54) is 25.7 Å². The molecule has 0 aromatic heterocycles. The van der Waals surface area contributed by atoms with Gasteiger partial charge in [-0.25, -0.2) is 0 Å². The Morgan fingerprint density at radius 3 is 2.37 bits per heavy atom. The molecule has 4 unspecified atom stereocenters. The maximum atomic E-state index is 14.2. The van der Waals surface area contributed by atoms with Crippen LogP contribution in [0.25, 0.3) is 0 Å². The van der Waals surface area contributed by atoms with Crippen LogP contribution in [0.15, 0.2) is 36.0 Å². The van der Waals surface area contributed by atoms with Gasteiger partial charge in [0.2, 0.25) is 12.3 Å². The van der Waals surface area contributed by atoms with Gasteiger partial charge in [0.15, 0.2) is 5.78 Å². The molecule has 1 spiro atoms. The van der Waals surface area contributed by atoms with Crippen LogP contribution in [0.3, 0.4) is 0 Å². The van der Waals surface area contributed by atoms with E-state index in [-0.39, 0.29) is 23.0 Å². The number of carbonyl (C=O) groups excluding carboxylic acids is 3. The molecular weight excluding hydrogens is 476 g/mol. The van der Waals surface area contributed by atoms with Crippen LogP contribution in [0.5, 0.6) is 0 Å². The molecule has 210 valence electrons. The molecule has 4 bridgehead atoms. The van der Waals surface area contributed by atoms with Gasteiger partial charge in [0.1, 0.15) is 0 Å². The Morgan fingerprint density at radius 2 is 1.58 bits per heavy atom. The molecule has 4 aliphatic rings. The standard InChI is InChI=1S/C32H48N2O4/c35-25-33-19-14-10-6-2-1-5-9-13-18-32-23-28-27(17-21-33)30(37)29(32)22-26(36)16-12-8-4-3-7-11-15-20-34(24-32)31(28)38/h3,7-8,12,22,25-28,36H,1-2,4-6,9-11,13-21,23-24H2. The van der Waals surface area contributed by atoms with Crippen molar-refractivity contribution >= 4 is 18.1 Å². The minimum absolute atomic E-state index is 0.0402. The number of hydrogen-bond acceptors (Lipinski definition) is 4. The third-order valence-corrected chi connectivity index (χ3v) is 9.26. The lowest BCUT2D eigenvalue weighted by atomic mass is 9.56. The molecule has 1 N–H and O–H groups in total. The van der Waals surface area contributed by atoms with E-state index in [1.54, 1.807) is 4.90 Å². The summed E-state index contributed by atoms with van der Waals surface area (Å²) in [7, 11) is 0. The molecule has 0 aromatic rings. The van der Waals surface area contributed by atoms with Crippen LogP contribution in [0.2, 0.25) is 0 Å². The summed E-state index contributed by atoms with van der Waals surface area (Å²) in [5, 5.41) is 11.0. The summed E-state index contributed by atoms with van der Waals surface area (Å²) in [6.07, 6.45) is 24.8. The zero-order valence-corrected chi connectivity index (χ0v) is 23.2. The predicted octanol–water partition coefficient (Wildman–Crippen LogP) is 5.37. The monoisotopic (exact) mass is 524 g/mol. The Kier molecular flexibility index (Phi) is 10.8. The number of piperidine rings is 1. The van der Waals surface area contributed by atoms with Crippen molar-refractivity contribution in [1.29, 1.82) is 0 Å². The van der Waals surface area contributed by atoms with Crippen molar-refractivity contribution in [1.82, 2.24) is 9.80 Å². The van der Waals surface area contributed by atoms with E-state index < -0.39 is 12.0 Å². The van der Waals surface area contributed by atoms with Gasteiger partial charge in [0.25, 0.3) is 0 Å². The first-order chi connectivity index (χ1) is 18.5. The Balaban J connectivity index is 1.71. The van der Waals surface area contributed by atoms with Crippen molar-refractivity contribution in [3.05, 3.63) is 36.0 Å². The molecule has 6 nitrogen and oxygen atoms in total. The fraction of sp³-hybridized carbons (Fsp3) is 0.719. The fourth-order valence-corrected chi connectivity index (χ4v) is 7.15. The molecule has 4 rings (SSSR count). The number of aliphatic hydroxyl groups is 1. The molecular formula is C32H48N2O4. The molecule has 1 aliphatic carbocycles. The van der Waals surface area contributed by atoms with E-state index in [0.29, 0.717) is 45.4 Å². The van der Waals surface area contributed by atoms with Crippen LogP contribution in [-0.4, -0.2) is 65.3 Å². The summed E-state index contributed by atoms with van der Waals surface area (Å²) in [5.41, 5.74) is 0.373. The molecule has 2 saturated heterocycles. The average molecular weight is 525 g/mol. The van der Waals surface area contributed by atoms with Crippen molar-refractivity contribution in [2.45, 2.75) is 102 Å². The first-order valence-electron chi connectivity index (χ1n) is 15.3. The Bertz CT molecular complexity index is 909. The Labute approximate surface area is 229 Å². The zero-order chi connectivity index (χ0) is 26.8. The van der Waals surface area contributed by atoms with Gasteiger partial charge in [-0.3, -0.25) is 14.4 Å². The summed E-state index contributed by atoms with van der Waals surface area (Å²) < 4.78 is 0. The largest absolute Gasteiger partial charge is 0.389 e. The van der Waals surface area contributed by atoms with Crippen molar-refractivity contribution in [2.75, 3.05) is 26.2 Å². The van der Waals surface area contributed by atoms with Gasteiger partial charge in [-0.05, 0) is 57.4 Å². The molecule has 4 atom stereocenters. The van der Waals surface area contributed by atoms with Crippen LogP contribution in [0, 0.1) is 17.3 Å². The van der Waals surface area contributed by atoms with E-state index in [1.807, 2.05) is 17.1 Å². The minimum atomic E-state index is -0.722. The SMILES string of the molecule is O=CN1CCCCCCCCCCC23CC4C(=O)N(CCCC=CCC=CCC(O)C=C2C(=O)C4CC1)C3. The Hall–Kier alpha value is -2.21. The molecule has 38 heavy (non-hydrogen) atoms. The second-order valence-corrected chi connectivity index (χ2v) is 12.0. The number of nitrogens with zero attached hydrogens (tertiary/aromatic N) is 2. The number of amides is 2. The normalized spacial score (nSPS) is 32.9. The highest BCUT2D eigenvalue weighted by Crippen LogP contribution is 2.52. The summed E-state index contributed by atoms with van der Waals surface area (Å²) in [5.74, 6) is -0.607. The second kappa shape index (κ2) is 14.3. The number of fused-ring (bicyclic) bond motifs is 4. The Morgan fingerprint density at radius 1 is 0.842 bits per heavy atom. The van der Waals surface area contributed by atoms with Crippen molar-refractivity contribution in [3.63, 3.8) is 0 Å². The first-order valence-corrected chi connectivity index (χ1v) is 15.3. The molecule has 1 saturated carbocycles. The molecule has 2 amide bonds.